The van der Waals surface area contributed by atoms with Gasteiger partial charge in [0.2, 0.25) is 0 Å². The Morgan fingerprint density at radius 1 is 0.484 bits per heavy atom. The first-order chi connectivity index (χ1) is 15.3. The number of rotatable bonds is 14. The standard InChI is InChI=1S/C30H38S/c1-2-3-4-5-6-7-8-9-10-12-15-26-18-20-27(21-19-26)28-22-24-30(25-23-28)31-29-16-13-11-14-17-29/h11,13-14,16-25H,2-10,12,15H2,1H3. The van der Waals surface area contributed by atoms with Gasteiger partial charge in [0.25, 0.3) is 0 Å². The second-order valence-corrected chi connectivity index (χ2v) is 9.72. The fourth-order valence-corrected chi connectivity index (χ4v) is 4.86. The van der Waals surface area contributed by atoms with Crippen molar-refractivity contribution >= 4 is 11.8 Å². The topological polar surface area (TPSA) is 0 Å². The largest absolute Gasteiger partial charge is 0.0901 e. The van der Waals surface area contributed by atoms with Crippen LogP contribution < -0.4 is 0 Å². The molecule has 0 aliphatic carbocycles. The summed E-state index contributed by atoms with van der Waals surface area (Å²) in [7, 11) is 0. The lowest BCUT2D eigenvalue weighted by molar-refractivity contribution is 0.556. The van der Waals surface area contributed by atoms with Gasteiger partial charge in [0, 0.05) is 9.79 Å². The summed E-state index contributed by atoms with van der Waals surface area (Å²) in [5.74, 6) is 0. The molecular formula is C30H38S. The predicted molar refractivity (Wildman–Crippen MR) is 138 cm³/mol. The molecule has 3 aromatic rings. The number of hydrogen-bond acceptors (Lipinski definition) is 1. The molecule has 0 aromatic heterocycles. The number of benzene rings is 3. The van der Waals surface area contributed by atoms with Crippen LogP contribution in [-0.4, -0.2) is 0 Å². The van der Waals surface area contributed by atoms with Gasteiger partial charge >= 0.3 is 0 Å². The van der Waals surface area contributed by atoms with Crippen LogP contribution in [0.4, 0.5) is 0 Å². The Morgan fingerprint density at radius 3 is 1.55 bits per heavy atom. The molecule has 0 amide bonds. The SMILES string of the molecule is CCCCCCCCCCCCc1ccc(-c2ccc(Sc3ccccc3)cc2)cc1. The Hall–Kier alpha value is -1.99. The van der Waals surface area contributed by atoms with Crippen LogP contribution in [0.3, 0.4) is 0 Å². The molecule has 3 aromatic carbocycles. The van der Waals surface area contributed by atoms with Crippen molar-refractivity contribution in [1.82, 2.24) is 0 Å². The lowest BCUT2D eigenvalue weighted by Gasteiger charge is -2.07. The summed E-state index contributed by atoms with van der Waals surface area (Å²) in [5.41, 5.74) is 4.07. The van der Waals surface area contributed by atoms with E-state index in [2.05, 4.69) is 85.8 Å². The highest BCUT2D eigenvalue weighted by atomic mass is 32.2. The van der Waals surface area contributed by atoms with Crippen LogP contribution in [0.1, 0.15) is 76.7 Å². The molecule has 0 spiro atoms. The minimum atomic E-state index is 1.21. The van der Waals surface area contributed by atoms with Gasteiger partial charge in [0.15, 0.2) is 0 Å². The predicted octanol–water partition coefficient (Wildman–Crippen LogP) is 9.97. The second kappa shape index (κ2) is 14.1. The van der Waals surface area contributed by atoms with Crippen molar-refractivity contribution in [2.75, 3.05) is 0 Å². The maximum absolute atomic E-state index is 2.32. The molecule has 0 fully saturated rings. The highest BCUT2D eigenvalue weighted by Gasteiger charge is 2.01. The lowest BCUT2D eigenvalue weighted by Crippen LogP contribution is -1.87. The molecule has 0 unspecified atom stereocenters. The van der Waals surface area contributed by atoms with Crippen molar-refractivity contribution in [2.24, 2.45) is 0 Å². The van der Waals surface area contributed by atoms with Crippen LogP contribution in [0.5, 0.6) is 0 Å². The van der Waals surface area contributed by atoms with E-state index in [9.17, 15) is 0 Å². The number of aryl methyl sites for hydroxylation is 1. The van der Waals surface area contributed by atoms with Crippen molar-refractivity contribution in [1.29, 1.82) is 0 Å². The Kier molecular flexibility index (Phi) is 10.8. The van der Waals surface area contributed by atoms with Crippen LogP contribution in [0.15, 0.2) is 88.7 Å². The van der Waals surface area contributed by atoms with Crippen molar-refractivity contribution in [3.8, 4) is 11.1 Å². The average molecular weight is 431 g/mol. The van der Waals surface area contributed by atoms with Gasteiger partial charge in [0.1, 0.15) is 0 Å². The Morgan fingerprint density at radius 2 is 0.968 bits per heavy atom. The molecule has 0 atom stereocenters. The van der Waals surface area contributed by atoms with Gasteiger partial charge in [-0.1, -0.05) is 131 Å². The van der Waals surface area contributed by atoms with Crippen LogP contribution in [0.2, 0.25) is 0 Å². The second-order valence-electron chi connectivity index (χ2n) is 8.57. The smallest absolute Gasteiger partial charge is 0.0122 e. The maximum atomic E-state index is 2.32. The molecule has 0 bridgehead atoms. The van der Waals surface area contributed by atoms with E-state index in [1.807, 2.05) is 11.8 Å². The van der Waals surface area contributed by atoms with Gasteiger partial charge in [-0.05, 0) is 53.8 Å². The fraction of sp³-hybridized carbons (Fsp3) is 0.400. The van der Waals surface area contributed by atoms with Gasteiger partial charge < -0.3 is 0 Å². The van der Waals surface area contributed by atoms with E-state index in [0.717, 1.165) is 0 Å². The molecule has 0 aliphatic heterocycles. The Labute approximate surface area is 194 Å². The van der Waals surface area contributed by atoms with Crippen LogP contribution in [0.25, 0.3) is 11.1 Å². The van der Waals surface area contributed by atoms with Crippen molar-refractivity contribution < 1.29 is 0 Å². The minimum Gasteiger partial charge on any atom is -0.0901 e. The molecule has 164 valence electrons. The third-order valence-corrected chi connectivity index (χ3v) is 6.96. The van der Waals surface area contributed by atoms with E-state index in [0.29, 0.717) is 0 Å². The maximum Gasteiger partial charge on any atom is 0.0122 e. The Balaban J connectivity index is 1.35. The Bertz CT molecular complexity index is 834. The van der Waals surface area contributed by atoms with Crippen molar-refractivity contribution in [3.05, 3.63) is 84.4 Å². The summed E-state index contributed by atoms with van der Waals surface area (Å²) in [6, 6.07) is 28.7. The minimum absolute atomic E-state index is 1.21. The quantitative estimate of drug-likeness (QED) is 0.229. The zero-order valence-electron chi connectivity index (χ0n) is 19.2. The van der Waals surface area contributed by atoms with Crippen molar-refractivity contribution in [3.63, 3.8) is 0 Å². The number of hydrogen-bond donors (Lipinski definition) is 0. The summed E-state index contributed by atoms with van der Waals surface area (Å²) >= 11 is 1.81. The van der Waals surface area contributed by atoms with Crippen LogP contribution in [0, 0.1) is 0 Å². The highest BCUT2D eigenvalue weighted by Crippen LogP contribution is 2.29. The highest BCUT2D eigenvalue weighted by molar-refractivity contribution is 7.99. The third kappa shape index (κ3) is 8.95. The van der Waals surface area contributed by atoms with Gasteiger partial charge in [-0.15, -0.1) is 0 Å². The molecule has 0 heterocycles. The summed E-state index contributed by atoms with van der Waals surface area (Å²) < 4.78 is 0. The van der Waals surface area contributed by atoms with E-state index in [4.69, 9.17) is 0 Å². The number of unbranched alkanes of at least 4 members (excludes halogenated alkanes) is 9. The first kappa shape index (κ1) is 23.7. The summed E-state index contributed by atoms with van der Waals surface area (Å²) in [5, 5.41) is 0. The molecule has 31 heavy (non-hydrogen) atoms. The molecule has 0 saturated heterocycles. The molecule has 1 heteroatoms. The summed E-state index contributed by atoms with van der Waals surface area (Å²) in [6.45, 7) is 2.29. The summed E-state index contributed by atoms with van der Waals surface area (Å²) in [6.07, 6.45) is 15.2. The molecule has 0 nitrogen and oxygen atoms in total. The van der Waals surface area contributed by atoms with E-state index in [1.165, 1.54) is 97.1 Å². The van der Waals surface area contributed by atoms with Gasteiger partial charge in [-0.2, -0.15) is 0 Å². The monoisotopic (exact) mass is 430 g/mol. The van der Waals surface area contributed by atoms with Gasteiger partial charge in [0.05, 0.1) is 0 Å². The molecule has 0 aliphatic rings. The van der Waals surface area contributed by atoms with E-state index in [1.54, 1.807) is 0 Å². The van der Waals surface area contributed by atoms with Crippen LogP contribution >= 0.6 is 11.8 Å². The first-order valence-corrected chi connectivity index (χ1v) is 13.1. The van der Waals surface area contributed by atoms with Gasteiger partial charge in [-0.25, -0.2) is 0 Å². The van der Waals surface area contributed by atoms with Crippen molar-refractivity contribution in [2.45, 2.75) is 87.3 Å². The van der Waals surface area contributed by atoms with Crippen LogP contribution in [-0.2, 0) is 6.42 Å². The van der Waals surface area contributed by atoms with Gasteiger partial charge in [-0.3, -0.25) is 0 Å². The van der Waals surface area contributed by atoms with E-state index >= 15 is 0 Å². The summed E-state index contributed by atoms with van der Waals surface area (Å²) in [4.78, 5) is 2.57. The van der Waals surface area contributed by atoms with E-state index < -0.39 is 0 Å². The molecule has 0 saturated carbocycles. The first-order valence-electron chi connectivity index (χ1n) is 12.3. The molecular weight excluding hydrogens is 392 g/mol. The molecule has 3 rings (SSSR count). The normalized spacial score (nSPS) is 11.0. The zero-order chi connectivity index (χ0) is 21.6. The third-order valence-electron chi connectivity index (χ3n) is 5.94. The van der Waals surface area contributed by atoms with E-state index in [-0.39, 0.29) is 0 Å². The molecule has 0 radical (unpaired) electrons. The lowest BCUT2D eigenvalue weighted by atomic mass is 10.0. The molecule has 0 N–H and O–H groups in total. The average Bonchev–Trinajstić information content (AvgIpc) is 2.82. The zero-order valence-corrected chi connectivity index (χ0v) is 20.0. The fourth-order valence-electron chi connectivity index (χ4n) is 4.02.